The molecule has 0 saturated carbocycles. The van der Waals surface area contributed by atoms with Crippen molar-refractivity contribution in [2.45, 2.75) is 19.3 Å². The standard InChI is InChI=1S/C27H20N2/c1-27(2)22-14-21-19(17-8-4-3-5-9-17)11-7-13-24(21)29-26(22)20-12-6-10-18-15-28-16-23(27)25(18)20/h3-16H,1-2H3. The summed E-state index contributed by atoms with van der Waals surface area (Å²) in [5.74, 6) is 0. The highest BCUT2D eigenvalue weighted by molar-refractivity contribution is 6.04. The van der Waals surface area contributed by atoms with Crippen LogP contribution in [-0.4, -0.2) is 9.97 Å². The molecule has 6 rings (SSSR count). The molecule has 0 spiro atoms. The molecular formula is C27H20N2. The molecule has 0 unspecified atom stereocenters. The lowest BCUT2D eigenvalue weighted by atomic mass is 9.70. The molecule has 0 aliphatic heterocycles. The van der Waals surface area contributed by atoms with Gasteiger partial charge >= 0.3 is 0 Å². The quantitative estimate of drug-likeness (QED) is 0.325. The third-order valence-electron chi connectivity index (χ3n) is 6.33. The summed E-state index contributed by atoms with van der Waals surface area (Å²) in [7, 11) is 0. The lowest BCUT2D eigenvalue weighted by Crippen LogP contribution is -2.24. The van der Waals surface area contributed by atoms with Gasteiger partial charge in [0.2, 0.25) is 0 Å². The zero-order valence-corrected chi connectivity index (χ0v) is 16.5. The van der Waals surface area contributed by atoms with Crippen molar-refractivity contribution in [3.8, 4) is 22.4 Å². The molecule has 138 valence electrons. The van der Waals surface area contributed by atoms with Gasteiger partial charge in [0.15, 0.2) is 0 Å². The highest BCUT2D eigenvalue weighted by atomic mass is 14.7. The Morgan fingerprint density at radius 2 is 1.52 bits per heavy atom. The van der Waals surface area contributed by atoms with E-state index in [1.54, 1.807) is 0 Å². The fraction of sp³-hybridized carbons (Fsp3) is 0.111. The summed E-state index contributed by atoms with van der Waals surface area (Å²) in [6, 6.07) is 25.8. The minimum Gasteiger partial charge on any atom is -0.264 e. The number of hydrogen-bond acceptors (Lipinski definition) is 2. The summed E-state index contributed by atoms with van der Waals surface area (Å²) in [6.07, 6.45) is 3.99. The third-order valence-corrected chi connectivity index (χ3v) is 6.33. The first-order valence-electron chi connectivity index (χ1n) is 10.0. The van der Waals surface area contributed by atoms with Crippen molar-refractivity contribution in [2.75, 3.05) is 0 Å². The molecule has 5 aromatic rings. The van der Waals surface area contributed by atoms with E-state index in [4.69, 9.17) is 4.98 Å². The molecule has 2 nitrogen and oxygen atoms in total. The van der Waals surface area contributed by atoms with E-state index in [9.17, 15) is 0 Å². The monoisotopic (exact) mass is 372 g/mol. The fourth-order valence-electron chi connectivity index (χ4n) is 4.80. The van der Waals surface area contributed by atoms with E-state index < -0.39 is 0 Å². The van der Waals surface area contributed by atoms with Crippen molar-refractivity contribution in [1.82, 2.24) is 9.97 Å². The van der Waals surface area contributed by atoms with E-state index in [2.05, 4.69) is 91.6 Å². The van der Waals surface area contributed by atoms with Crippen LogP contribution in [0.4, 0.5) is 0 Å². The SMILES string of the molecule is CC1(C)c2cc3c(-c4ccccc4)cccc3nc2-c2cccc3cncc1c23. The molecule has 0 radical (unpaired) electrons. The average molecular weight is 372 g/mol. The van der Waals surface area contributed by atoms with Gasteiger partial charge in [-0.15, -0.1) is 0 Å². The Hall–Kier alpha value is -3.52. The van der Waals surface area contributed by atoms with Gasteiger partial charge < -0.3 is 0 Å². The first kappa shape index (κ1) is 16.4. The maximum Gasteiger partial charge on any atom is 0.0756 e. The number of nitrogens with zero attached hydrogens (tertiary/aromatic N) is 2. The maximum absolute atomic E-state index is 5.20. The number of benzene rings is 3. The molecule has 0 fully saturated rings. The van der Waals surface area contributed by atoms with Crippen molar-refractivity contribution >= 4 is 21.7 Å². The predicted molar refractivity (Wildman–Crippen MR) is 120 cm³/mol. The van der Waals surface area contributed by atoms with Gasteiger partial charge in [-0.05, 0) is 39.8 Å². The summed E-state index contributed by atoms with van der Waals surface area (Å²) < 4.78 is 0. The molecule has 3 aromatic carbocycles. The minimum absolute atomic E-state index is 0.165. The van der Waals surface area contributed by atoms with E-state index in [0.29, 0.717) is 0 Å². The lowest BCUT2D eigenvalue weighted by molar-refractivity contribution is 0.640. The van der Waals surface area contributed by atoms with Gasteiger partial charge in [-0.1, -0.05) is 74.5 Å². The van der Waals surface area contributed by atoms with Crippen molar-refractivity contribution in [2.24, 2.45) is 0 Å². The van der Waals surface area contributed by atoms with E-state index >= 15 is 0 Å². The van der Waals surface area contributed by atoms with Crippen LogP contribution in [0.25, 0.3) is 44.1 Å². The van der Waals surface area contributed by atoms with E-state index in [1.807, 2.05) is 12.4 Å². The summed E-state index contributed by atoms with van der Waals surface area (Å²) in [5, 5.41) is 3.66. The zero-order valence-electron chi connectivity index (χ0n) is 16.5. The molecule has 2 heteroatoms. The molecule has 0 N–H and O–H groups in total. The molecule has 1 aliphatic carbocycles. The third kappa shape index (κ3) is 2.23. The van der Waals surface area contributed by atoms with Crippen LogP contribution in [0.1, 0.15) is 25.0 Å². The number of hydrogen-bond donors (Lipinski definition) is 0. The van der Waals surface area contributed by atoms with Crippen LogP contribution in [0.2, 0.25) is 0 Å². The summed E-state index contributed by atoms with van der Waals surface area (Å²) in [6.45, 7) is 4.58. The highest BCUT2D eigenvalue weighted by Crippen LogP contribution is 2.48. The van der Waals surface area contributed by atoms with Crippen LogP contribution >= 0.6 is 0 Å². The normalized spacial score (nSPS) is 14.1. The molecule has 1 aliphatic rings. The fourth-order valence-corrected chi connectivity index (χ4v) is 4.80. The second-order valence-corrected chi connectivity index (χ2v) is 8.34. The van der Waals surface area contributed by atoms with Crippen LogP contribution in [0.5, 0.6) is 0 Å². The van der Waals surface area contributed by atoms with Gasteiger partial charge in [-0.2, -0.15) is 0 Å². The summed E-state index contributed by atoms with van der Waals surface area (Å²) >= 11 is 0. The number of fused-ring (bicyclic) bond motifs is 3. The minimum atomic E-state index is -0.165. The van der Waals surface area contributed by atoms with Crippen molar-refractivity contribution in [3.05, 3.63) is 96.3 Å². The van der Waals surface area contributed by atoms with Gasteiger partial charge in [0.05, 0.1) is 11.2 Å². The molecule has 0 saturated heterocycles. The topological polar surface area (TPSA) is 25.8 Å². The molecule has 0 atom stereocenters. The summed E-state index contributed by atoms with van der Waals surface area (Å²) in [4.78, 5) is 9.74. The Morgan fingerprint density at radius 1 is 0.724 bits per heavy atom. The molecule has 2 heterocycles. The lowest BCUT2D eigenvalue weighted by Gasteiger charge is -2.34. The van der Waals surface area contributed by atoms with Crippen LogP contribution in [0, 0.1) is 0 Å². The molecule has 29 heavy (non-hydrogen) atoms. The van der Waals surface area contributed by atoms with Crippen molar-refractivity contribution < 1.29 is 0 Å². The van der Waals surface area contributed by atoms with E-state index in [0.717, 1.165) is 11.2 Å². The Bertz CT molecular complexity index is 1410. The van der Waals surface area contributed by atoms with Crippen LogP contribution in [-0.2, 0) is 5.41 Å². The van der Waals surface area contributed by atoms with Gasteiger partial charge in [0, 0.05) is 34.1 Å². The van der Waals surface area contributed by atoms with Crippen molar-refractivity contribution in [3.63, 3.8) is 0 Å². The maximum atomic E-state index is 5.20. The summed E-state index contributed by atoms with van der Waals surface area (Å²) in [5.41, 5.74) is 8.16. The highest BCUT2D eigenvalue weighted by Gasteiger charge is 2.35. The molecular weight excluding hydrogens is 352 g/mol. The van der Waals surface area contributed by atoms with Gasteiger partial charge in [-0.25, -0.2) is 4.98 Å². The Balaban J connectivity index is 1.74. The predicted octanol–water partition coefficient (Wildman–Crippen LogP) is 6.76. The van der Waals surface area contributed by atoms with Gasteiger partial charge in [0.1, 0.15) is 0 Å². The van der Waals surface area contributed by atoms with E-state index in [1.165, 1.54) is 44.0 Å². The first-order valence-corrected chi connectivity index (χ1v) is 10.0. The Labute approximate surface area is 169 Å². The number of rotatable bonds is 1. The second kappa shape index (κ2) is 5.74. The van der Waals surface area contributed by atoms with Crippen LogP contribution in [0.3, 0.4) is 0 Å². The van der Waals surface area contributed by atoms with Crippen LogP contribution in [0.15, 0.2) is 85.2 Å². The second-order valence-electron chi connectivity index (χ2n) is 8.34. The molecule has 0 bridgehead atoms. The largest absolute Gasteiger partial charge is 0.264 e. The Kier molecular flexibility index (Phi) is 3.25. The smallest absolute Gasteiger partial charge is 0.0756 e. The number of pyridine rings is 2. The number of aromatic nitrogens is 2. The first-order chi connectivity index (χ1) is 14.1. The van der Waals surface area contributed by atoms with Gasteiger partial charge in [-0.3, -0.25) is 4.98 Å². The van der Waals surface area contributed by atoms with E-state index in [-0.39, 0.29) is 5.41 Å². The zero-order chi connectivity index (χ0) is 19.6. The van der Waals surface area contributed by atoms with Gasteiger partial charge in [0.25, 0.3) is 0 Å². The molecule has 2 aromatic heterocycles. The Morgan fingerprint density at radius 3 is 2.38 bits per heavy atom. The molecule has 0 amide bonds. The average Bonchev–Trinajstić information content (AvgIpc) is 2.77. The van der Waals surface area contributed by atoms with Crippen LogP contribution < -0.4 is 0 Å². The van der Waals surface area contributed by atoms with Crippen molar-refractivity contribution in [1.29, 1.82) is 0 Å².